The second-order valence-corrected chi connectivity index (χ2v) is 11.8. The number of thiophene rings is 1. The standard InChI is InChI=1S/C35H27FN4O2S/c1-20-13-14-23-25(19-37-29(23)17-20)27-10-6-11-28(38-27)35(42)40-16-15-22-18-31(43-33(22)24-8-3-4-12-30(24)40)34(41)39-32-21(2)7-5-9-26(32)36/h3-14,17-19,37H,15-16H2,1-2H3,(H,39,41). The predicted octanol–water partition coefficient (Wildman–Crippen LogP) is 8.17. The monoisotopic (exact) mass is 586 g/mol. The first kappa shape index (κ1) is 26.8. The number of H-pyrrole nitrogens is 1. The molecular weight excluding hydrogens is 559 g/mol. The number of nitrogens with one attached hydrogen (secondary N) is 2. The van der Waals surface area contributed by atoms with Gasteiger partial charge in [-0.3, -0.25) is 9.59 Å². The number of carbonyl (C=O) groups excluding carboxylic acids is 2. The highest BCUT2D eigenvalue weighted by molar-refractivity contribution is 7.17. The normalized spacial score (nSPS) is 12.5. The molecule has 0 bridgehead atoms. The number of pyridine rings is 1. The minimum Gasteiger partial charge on any atom is -0.360 e. The molecule has 0 saturated heterocycles. The molecule has 3 aromatic carbocycles. The van der Waals surface area contributed by atoms with Crippen LogP contribution in [0.3, 0.4) is 0 Å². The maximum atomic E-state index is 14.4. The first-order valence-corrected chi connectivity index (χ1v) is 14.8. The fourth-order valence-corrected chi connectivity index (χ4v) is 6.82. The lowest BCUT2D eigenvalue weighted by molar-refractivity contribution is 0.0981. The average Bonchev–Trinajstić information content (AvgIpc) is 3.60. The van der Waals surface area contributed by atoms with Gasteiger partial charge in [-0.05, 0) is 73.4 Å². The van der Waals surface area contributed by atoms with E-state index in [4.69, 9.17) is 4.98 Å². The Kier molecular flexibility index (Phi) is 6.63. The van der Waals surface area contributed by atoms with Crippen LogP contribution < -0.4 is 10.2 Å². The van der Waals surface area contributed by atoms with E-state index in [1.165, 1.54) is 23.0 Å². The highest BCUT2D eigenvalue weighted by Gasteiger charge is 2.28. The van der Waals surface area contributed by atoms with Crippen LogP contribution >= 0.6 is 11.3 Å². The van der Waals surface area contributed by atoms with E-state index < -0.39 is 5.82 Å². The SMILES string of the molecule is Cc1ccc2c(-c3cccc(C(=O)N4CCc5cc(C(=O)Nc6c(C)cccc6F)sc5-c5ccccc54)n3)c[nH]c2c1. The minimum atomic E-state index is -0.469. The molecular formula is C35H27FN4O2S. The Balaban J connectivity index is 1.20. The summed E-state index contributed by atoms with van der Waals surface area (Å²) < 4.78 is 14.4. The maximum Gasteiger partial charge on any atom is 0.276 e. The van der Waals surface area contributed by atoms with Crippen LogP contribution in [-0.2, 0) is 6.42 Å². The van der Waals surface area contributed by atoms with E-state index in [9.17, 15) is 14.0 Å². The first-order valence-electron chi connectivity index (χ1n) is 14.0. The zero-order valence-corrected chi connectivity index (χ0v) is 24.4. The fourth-order valence-electron chi connectivity index (χ4n) is 5.68. The summed E-state index contributed by atoms with van der Waals surface area (Å²) >= 11 is 1.35. The number of aromatic amines is 1. The average molecular weight is 587 g/mol. The van der Waals surface area contributed by atoms with Crippen molar-refractivity contribution in [1.82, 2.24) is 9.97 Å². The smallest absolute Gasteiger partial charge is 0.276 e. The highest BCUT2D eigenvalue weighted by Crippen LogP contribution is 2.42. The van der Waals surface area contributed by atoms with Gasteiger partial charge in [-0.2, -0.15) is 0 Å². The summed E-state index contributed by atoms with van der Waals surface area (Å²) in [5, 5.41) is 3.80. The zero-order valence-electron chi connectivity index (χ0n) is 23.6. The molecule has 6 nitrogen and oxygen atoms in total. The third kappa shape index (κ3) is 4.79. The van der Waals surface area contributed by atoms with Crippen molar-refractivity contribution in [2.75, 3.05) is 16.8 Å². The Bertz CT molecular complexity index is 2040. The summed E-state index contributed by atoms with van der Waals surface area (Å²) in [7, 11) is 0. The van der Waals surface area contributed by atoms with Gasteiger partial charge in [0.25, 0.3) is 11.8 Å². The van der Waals surface area contributed by atoms with Crippen LogP contribution in [0.5, 0.6) is 0 Å². The second kappa shape index (κ2) is 10.6. The summed E-state index contributed by atoms with van der Waals surface area (Å²) in [6.45, 7) is 4.24. The zero-order chi connectivity index (χ0) is 29.7. The molecule has 0 unspecified atom stereocenters. The van der Waals surface area contributed by atoms with Crippen LogP contribution in [0.2, 0.25) is 0 Å². The molecule has 212 valence electrons. The van der Waals surface area contributed by atoms with E-state index in [1.54, 1.807) is 30.0 Å². The number of carbonyl (C=O) groups is 2. The Morgan fingerprint density at radius 2 is 1.79 bits per heavy atom. The number of rotatable bonds is 4. The molecule has 6 aromatic rings. The lowest BCUT2D eigenvalue weighted by Gasteiger charge is -2.23. The van der Waals surface area contributed by atoms with Gasteiger partial charge in [-0.25, -0.2) is 9.37 Å². The molecule has 3 aromatic heterocycles. The van der Waals surface area contributed by atoms with Gasteiger partial charge in [0.05, 0.1) is 21.9 Å². The largest absolute Gasteiger partial charge is 0.360 e. The van der Waals surface area contributed by atoms with Gasteiger partial charge in [0.1, 0.15) is 11.5 Å². The highest BCUT2D eigenvalue weighted by atomic mass is 32.1. The van der Waals surface area contributed by atoms with E-state index >= 15 is 0 Å². The Labute approximate surface area is 251 Å². The number of anilines is 2. The van der Waals surface area contributed by atoms with Crippen LogP contribution in [0.25, 0.3) is 32.6 Å². The Morgan fingerprint density at radius 1 is 0.953 bits per heavy atom. The maximum absolute atomic E-state index is 14.4. The molecule has 2 amide bonds. The quantitative estimate of drug-likeness (QED) is 0.219. The fraction of sp³-hybridized carbons (Fsp3) is 0.114. The van der Waals surface area contributed by atoms with Crippen molar-refractivity contribution in [3.05, 3.63) is 124 Å². The number of aryl methyl sites for hydroxylation is 2. The van der Waals surface area contributed by atoms with Crippen LogP contribution in [0.1, 0.15) is 36.9 Å². The van der Waals surface area contributed by atoms with Gasteiger partial charge in [-0.15, -0.1) is 11.3 Å². The van der Waals surface area contributed by atoms with Crippen LogP contribution in [0, 0.1) is 19.7 Å². The molecule has 0 spiro atoms. The minimum absolute atomic E-state index is 0.186. The molecule has 0 fully saturated rings. The van der Waals surface area contributed by atoms with Crippen molar-refractivity contribution in [2.45, 2.75) is 20.3 Å². The number of aromatic nitrogens is 2. The Hall–Kier alpha value is -5.08. The van der Waals surface area contributed by atoms with E-state index in [0.717, 1.165) is 43.9 Å². The molecule has 0 radical (unpaired) electrons. The predicted molar refractivity (Wildman–Crippen MR) is 170 cm³/mol. The molecule has 8 heteroatoms. The summed E-state index contributed by atoms with van der Waals surface area (Å²) in [4.78, 5) is 38.5. The molecule has 1 aliphatic rings. The summed E-state index contributed by atoms with van der Waals surface area (Å²) in [5.41, 5.74) is 7.67. The molecule has 43 heavy (non-hydrogen) atoms. The van der Waals surface area contributed by atoms with Crippen molar-refractivity contribution in [3.8, 4) is 21.7 Å². The van der Waals surface area contributed by atoms with Crippen molar-refractivity contribution >= 4 is 45.4 Å². The second-order valence-electron chi connectivity index (χ2n) is 10.7. The van der Waals surface area contributed by atoms with Crippen molar-refractivity contribution in [1.29, 1.82) is 0 Å². The molecule has 2 N–H and O–H groups in total. The van der Waals surface area contributed by atoms with E-state index in [-0.39, 0.29) is 17.5 Å². The van der Waals surface area contributed by atoms with Crippen LogP contribution in [0.4, 0.5) is 15.8 Å². The van der Waals surface area contributed by atoms with Gasteiger partial charge in [0, 0.05) is 39.6 Å². The van der Waals surface area contributed by atoms with E-state index in [2.05, 4.69) is 35.4 Å². The molecule has 7 rings (SSSR count). The van der Waals surface area contributed by atoms with Gasteiger partial charge >= 0.3 is 0 Å². The van der Waals surface area contributed by atoms with Crippen LogP contribution in [-0.4, -0.2) is 28.3 Å². The van der Waals surface area contributed by atoms with Crippen molar-refractivity contribution < 1.29 is 14.0 Å². The number of para-hydroxylation sites is 2. The number of hydrogen-bond donors (Lipinski definition) is 2. The topological polar surface area (TPSA) is 78.1 Å². The van der Waals surface area contributed by atoms with E-state index in [1.807, 2.05) is 48.7 Å². The number of benzene rings is 3. The summed E-state index contributed by atoms with van der Waals surface area (Å²) in [6.07, 6.45) is 2.49. The van der Waals surface area contributed by atoms with Gasteiger partial charge < -0.3 is 15.2 Å². The Morgan fingerprint density at radius 3 is 2.65 bits per heavy atom. The third-order valence-electron chi connectivity index (χ3n) is 7.86. The molecule has 1 aliphatic heterocycles. The number of halogens is 1. The number of nitrogens with zero attached hydrogens (tertiary/aromatic N) is 2. The summed E-state index contributed by atoms with van der Waals surface area (Å²) in [5.74, 6) is -1.01. The van der Waals surface area contributed by atoms with Crippen molar-refractivity contribution in [2.24, 2.45) is 0 Å². The first-order chi connectivity index (χ1) is 20.9. The van der Waals surface area contributed by atoms with E-state index in [0.29, 0.717) is 29.1 Å². The summed E-state index contributed by atoms with van der Waals surface area (Å²) in [6, 6.07) is 26.1. The van der Waals surface area contributed by atoms with Crippen molar-refractivity contribution in [3.63, 3.8) is 0 Å². The number of fused-ring (bicyclic) bond motifs is 4. The van der Waals surface area contributed by atoms with Gasteiger partial charge in [0.2, 0.25) is 0 Å². The van der Waals surface area contributed by atoms with Gasteiger partial charge in [0.15, 0.2) is 0 Å². The lowest BCUT2D eigenvalue weighted by atomic mass is 10.1. The van der Waals surface area contributed by atoms with Crippen LogP contribution in [0.15, 0.2) is 91.1 Å². The number of amides is 2. The molecule has 4 heterocycles. The third-order valence-corrected chi connectivity index (χ3v) is 9.07. The number of hydrogen-bond acceptors (Lipinski definition) is 4. The molecule has 0 aliphatic carbocycles. The lowest BCUT2D eigenvalue weighted by Crippen LogP contribution is -2.33. The molecule has 0 saturated carbocycles. The molecule has 0 atom stereocenters. The van der Waals surface area contributed by atoms with Gasteiger partial charge in [-0.1, -0.05) is 48.5 Å².